The maximum absolute atomic E-state index is 12.1. The molecule has 0 atom stereocenters. The van der Waals surface area contributed by atoms with Gasteiger partial charge in [0.1, 0.15) is 0 Å². The second-order valence-corrected chi connectivity index (χ2v) is 8.67. The van der Waals surface area contributed by atoms with Gasteiger partial charge in [-0.15, -0.1) is 0 Å². The zero-order valence-electron chi connectivity index (χ0n) is 15.8. The fourth-order valence-electron chi connectivity index (χ4n) is 2.98. The van der Waals surface area contributed by atoms with Gasteiger partial charge < -0.3 is 10.1 Å². The molecule has 28 heavy (non-hydrogen) atoms. The van der Waals surface area contributed by atoms with Crippen LogP contribution in [0.5, 0.6) is 0 Å². The lowest BCUT2D eigenvalue weighted by Crippen LogP contribution is -2.25. The average Bonchev–Trinajstić information content (AvgIpc) is 3.03. The Bertz CT molecular complexity index is 1000. The average molecular weight is 402 g/mol. The van der Waals surface area contributed by atoms with Crippen molar-refractivity contribution in [3.63, 3.8) is 0 Å². The van der Waals surface area contributed by atoms with Crippen molar-refractivity contribution in [2.75, 3.05) is 28.5 Å². The molecule has 2 aromatic carbocycles. The monoisotopic (exact) mass is 402 g/mol. The first-order valence-electron chi connectivity index (χ1n) is 8.91. The third-order valence-electron chi connectivity index (χ3n) is 4.70. The molecule has 1 aliphatic heterocycles. The van der Waals surface area contributed by atoms with Crippen molar-refractivity contribution < 1.29 is 22.7 Å². The Morgan fingerprint density at radius 2 is 1.82 bits per heavy atom. The number of amides is 1. The molecule has 1 heterocycles. The quantitative estimate of drug-likeness (QED) is 0.776. The third kappa shape index (κ3) is 4.33. The van der Waals surface area contributed by atoms with Crippen LogP contribution in [-0.4, -0.2) is 39.2 Å². The smallest absolute Gasteiger partial charge is 0.338 e. The summed E-state index contributed by atoms with van der Waals surface area (Å²) in [5.41, 5.74) is 3.45. The predicted molar refractivity (Wildman–Crippen MR) is 107 cm³/mol. The van der Waals surface area contributed by atoms with Crippen molar-refractivity contribution in [2.24, 2.45) is 0 Å². The fourth-order valence-corrected chi connectivity index (χ4v) is 4.55. The van der Waals surface area contributed by atoms with Gasteiger partial charge in [0.2, 0.25) is 10.0 Å². The van der Waals surface area contributed by atoms with Gasteiger partial charge in [-0.1, -0.05) is 12.1 Å². The number of sulfonamides is 1. The number of aryl methyl sites for hydroxylation is 1. The zero-order valence-corrected chi connectivity index (χ0v) is 16.6. The van der Waals surface area contributed by atoms with Gasteiger partial charge in [-0.05, 0) is 61.7 Å². The molecular formula is C20H22N2O5S. The zero-order chi connectivity index (χ0) is 20.3. The molecule has 0 saturated carbocycles. The van der Waals surface area contributed by atoms with Gasteiger partial charge in [0.15, 0.2) is 6.61 Å². The molecule has 1 aliphatic rings. The lowest BCUT2D eigenvalue weighted by atomic mass is 10.1. The minimum absolute atomic E-state index is 0.131. The highest BCUT2D eigenvalue weighted by Gasteiger charge is 2.28. The van der Waals surface area contributed by atoms with Crippen LogP contribution in [0, 0.1) is 13.8 Å². The topological polar surface area (TPSA) is 92.8 Å². The van der Waals surface area contributed by atoms with Crippen molar-refractivity contribution in [2.45, 2.75) is 20.3 Å². The molecule has 0 aromatic heterocycles. The van der Waals surface area contributed by atoms with Crippen LogP contribution < -0.4 is 9.62 Å². The van der Waals surface area contributed by atoms with Gasteiger partial charge in [-0.2, -0.15) is 0 Å². The molecule has 1 fully saturated rings. The number of hydrogen-bond acceptors (Lipinski definition) is 5. The van der Waals surface area contributed by atoms with E-state index in [0.29, 0.717) is 24.3 Å². The van der Waals surface area contributed by atoms with Crippen molar-refractivity contribution in [1.29, 1.82) is 0 Å². The molecule has 8 heteroatoms. The summed E-state index contributed by atoms with van der Waals surface area (Å²) in [5.74, 6) is -0.944. The van der Waals surface area contributed by atoms with Crippen molar-refractivity contribution in [3.8, 4) is 0 Å². The van der Waals surface area contributed by atoms with E-state index in [1.165, 1.54) is 16.4 Å². The number of nitrogens with one attached hydrogen (secondary N) is 1. The first kappa shape index (κ1) is 19.9. The molecule has 7 nitrogen and oxygen atoms in total. The minimum Gasteiger partial charge on any atom is -0.452 e. The normalized spacial score (nSPS) is 15.3. The van der Waals surface area contributed by atoms with Crippen LogP contribution in [0.2, 0.25) is 0 Å². The summed E-state index contributed by atoms with van der Waals surface area (Å²) in [6.07, 6.45) is 0.585. The fraction of sp³-hybridized carbons (Fsp3) is 0.300. The third-order valence-corrected chi connectivity index (χ3v) is 6.57. The molecule has 2 aromatic rings. The van der Waals surface area contributed by atoms with Crippen molar-refractivity contribution in [3.05, 3.63) is 59.2 Å². The van der Waals surface area contributed by atoms with Gasteiger partial charge in [-0.25, -0.2) is 13.2 Å². The number of esters is 1. The molecule has 0 radical (unpaired) electrons. The van der Waals surface area contributed by atoms with Gasteiger partial charge in [0, 0.05) is 12.2 Å². The number of ether oxygens (including phenoxy) is 1. The van der Waals surface area contributed by atoms with Gasteiger partial charge in [-0.3, -0.25) is 9.10 Å². The summed E-state index contributed by atoms with van der Waals surface area (Å²) in [4.78, 5) is 24.2. The second kappa shape index (κ2) is 8.02. The number of hydrogen-bond donors (Lipinski definition) is 1. The summed E-state index contributed by atoms with van der Waals surface area (Å²) in [6, 6.07) is 11.7. The SMILES string of the molecule is Cc1cccc(NC(=O)COC(=O)c2ccc(N3CCCS3(=O)=O)cc2)c1C. The molecular weight excluding hydrogens is 380 g/mol. The van der Waals surface area contributed by atoms with E-state index in [1.807, 2.05) is 26.0 Å². The van der Waals surface area contributed by atoms with Gasteiger partial charge >= 0.3 is 5.97 Å². The first-order valence-corrected chi connectivity index (χ1v) is 10.5. The van der Waals surface area contributed by atoms with E-state index >= 15 is 0 Å². The largest absolute Gasteiger partial charge is 0.452 e. The summed E-state index contributed by atoms with van der Waals surface area (Å²) >= 11 is 0. The predicted octanol–water partition coefficient (Wildman–Crippen LogP) is 2.64. The van der Waals surface area contributed by atoms with Crippen molar-refractivity contribution in [1.82, 2.24) is 0 Å². The molecule has 0 spiro atoms. The van der Waals surface area contributed by atoms with Crippen LogP contribution >= 0.6 is 0 Å². The number of nitrogens with zero attached hydrogens (tertiary/aromatic N) is 1. The highest BCUT2D eigenvalue weighted by Crippen LogP contribution is 2.24. The van der Waals surface area contributed by atoms with Gasteiger partial charge in [0.25, 0.3) is 5.91 Å². The maximum atomic E-state index is 12.1. The molecule has 0 bridgehead atoms. The Labute approximate surface area is 164 Å². The van der Waals surface area contributed by atoms with E-state index in [2.05, 4.69) is 5.32 Å². The molecule has 1 amide bonds. The number of carbonyl (C=O) groups excluding carboxylic acids is 2. The van der Waals surface area contributed by atoms with Crippen LogP contribution in [-0.2, 0) is 19.6 Å². The lowest BCUT2D eigenvalue weighted by Gasteiger charge is -2.16. The summed E-state index contributed by atoms with van der Waals surface area (Å²) < 4.78 is 30.3. The van der Waals surface area contributed by atoms with E-state index in [9.17, 15) is 18.0 Å². The van der Waals surface area contributed by atoms with Crippen LogP contribution in [0.1, 0.15) is 27.9 Å². The first-order chi connectivity index (χ1) is 13.3. The number of rotatable bonds is 5. The standard InChI is InChI=1S/C20H22N2O5S/c1-14-5-3-6-18(15(14)2)21-19(23)13-27-20(24)16-7-9-17(10-8-16)22-11-4-12-28(22,25)26/h3,5-10H,4,11-13H2,1-2H3,(H,21,23). The summed E-state index contributed by atoms with van der Waals surface area (Å²) in [5, 5.41) is 2.72. The molecule has 0 aliphatic carbocycles. The highest BCUT2D eigenvalue weighted by molar-refractivity contribution is 7.93. The summed E-state index contributed by atoms with van der Waals surface area (Å²) in [6.45, 7) is 3.88. The highest BCUT2D eigenvalue weighted by atomic mass is 32.2. The Morgan fingerprint density at radius 3 is 2.46 bits per heavy atom. The molecule has 148 valence electrons. The van der Waals surface area contributed by atoms with Gasteiger partial charge in [0.05, 0.1) is 17.0 Å². The van der Waals surface area contributed by atoms with E-state index < -0.39 is 28.5 Å². The second-order valence-electron chi connectivity index (χ2n) is 6.66. The van der Waals surface area contributed by atoms with E-state index in [0.717, 1.165) is 11.1 Å². The summed E-state index contributed by atoms with van der Waals surface area (Å²) in [7, 11) is -3.27. The van der Waals surface area contributed by atoms with Crippen LogP contribution in [0.3, 0.4) is 0 Å². The van der Waals surface area contributed by atoms with Crippen LogP contribution in [0.4, 0.5) is 11.4 Å². The Kier molecular flexibility index (Phi) is 5.69. The van der Waals surface area contributed by atoms with Crippen molar-refractivity contribution >= 4 is 33.3 Å². The van der Waals surface area contributed by atoms with E-state index in [-0.39, 0.29) is 11.3 Å². The lowest BCUT2D eigenvalue weighted by molar-refractivity contribution is -0.119. The van der Waals surface area contributed by atoms with Crippen LogP contribution in [0.25, 0.3) is 0 Å². The molecule has 3 rings (SSSR count). The molecule has 1 saturated heterocycles. The van der Waals surface area contributed by atoms with E-state index in [4.69, 9.17) is 4.74 Å². The molecule has 1 N–H and O–H groups in total. The maximum Gasteiger partial charge on any atom is 0.338 e. The number of benzene rings is 2. The molecule has 0 unspecified atom stereocenters. The Hall–Kier alpha value is -2.87. The minimum atomic E-state index is -3.27. The number of anilines is 2. The van der Waals surface area contributed by atoms with E-state index in [1.54, 1.807) is 18.2 Å². The van der Waals surface area contributed by atoms with Crippen LogP contribution in [0.15, 0.2) is 42.5 Å². The number of carbonyl (C=O) groups is 2. The Balaban J connectivity index is 1.57. The Morgan fingerprint density at radius 1 is 1.11 bits per heavy atom.